The van der Waals surface area contributed by atoms with Gasteiger partial charge in [-0.3, -0.25) is 14.7 Å². The van der Waals surface area contributed by atoms with Crippen LogP contribution in [0, 0.1) is 13.8 Å². The molecule has 1 aromatic carbocycles. The molecule has 0 saturated heterocycles. The van der Waals surface area contributed by atoms with Gasteiger partial charge in [-0.25, -0.2) is 4.79 Å². The smallest absolute Gasteiger partial charge is 0.310 e. The molecule has 0 amide bonds. The number of aryl methyl sites for hydroxylation is 2. The molecular weight excluding hydrogens is 302 g/mol. The van der Waals surface area contributed by atoms with Gasteiger partial charge in [-0.1, -0.05) is 32.9 Å². The number of nitrogens with one attached hydrogen (secondary N) is 2. The lowest BCUT2D eigenvalue weighted by molar-refractivity contribution is 0.272. The molecule has 128 valence electrons. The summed E-state index contributed by atoms with van der Waals surface area (Å²) in [7, 11) is 0. The minimum atomic E-state index is -0.428. The SMILES string of the molecule is Cc1cc(C(C)(C)C)cc(C)c1CN1Cc2[nH]c(=O)[nH]c(=O)c2C1. The molecule has 0 atom stereocenters. The summed E-state index contributed by atoms with van der Waals surface area (Å²) in [6.07, 6.45) is 0. The lowest BCUT2D eigenvalue weighted by atomic mass is 9.84. The third kappa shape index (κ3) is 3.08. The van der Waals surface area contributed by atoms with Crippen molar-refractivity contribution in [2.45, 2.75) is 59.7 Å². The van der Waals surface area contributed by atoms with Crippen molar-refractivity contribution in [3.63, 3.8) is 0 Å². The van der Waals surface area contributed by atoms with Crippen molar-refractivity contribution in [1.82, 2.24) is 14.9 Å². The Morgan fingerprint density at radius 1 is 1.04 bits per heavy atom. The summed E-state index contributed by atoms with van der Waals surface area (Å²) < 4.78 is 0. The molecule has 2 N–H and O–H groups in total. The van der Waals surface area contributed by atoms with E-state index in [1.54, 1.807) is 0 Å². The number of aromatic nitrogens is 2. The normalized spacial score (nSPS) is 14.9. The van der Waals surface area contributed by atoms with E-state index in [9.17, 15) is 9.59 Å². The van der Waals surface area contributed by atoms with E-state index in [4.69, 9.17) is 0 Å². The van der Waals surface area contributed by atoms with E-state index in [1.165, 1.54) is 22.3 Å². The summed E-state index contributed by atoms with van der Waals surface area (Å²) in [5.41, 5.74) is 6.04. The highest BCUT2D eigenvalue weighted by Crippen LogP contribution is 2.29. The molecular formula is C19H25N3O2. The Bertz CT molecular complexity index is 877. The van der Waals surface area contributed by atoms with Crippen LogP contribution in [0.3, 0.4) is 0 Å². The number of rotatable bonds is 2. The zero-order valence-corrected chi connectivity index (χ0v) is 15.0. The lowest BCUT2D eigenvalue weighted by Crippen LogP contribution is -2.25. The van der Waals surface area contributed by atoms with Gasteiger partial charge in [0.1, 0.15) is 0 Å². The molecule has 2 aromatic rings. The largest absolute Gasteiger partial charge is 0.325 e. The Balaban J connectivity index is 1.87. The first-order valence-corrected chi connectivity index (χ1v) is 8.32. The average Bonchev–Trinajstić information content (AvgIpc) is 2.84. The van der Waals surface area contributed by atoms with Gasteiger partial charge in [-0.05, 0) is 41.5 Å². The molecule has 5 heteroatoms. The Morgan fingerprint density at radius 2 is 1.67 bits per heavy atom. The standard InChI is InChI=1S/C19H25N3O2/c1-11-6-13(19(3,4)5)7-12(2)14(11)8-22-9-15-16(10-22)20-18(24)21-17(15)23/h6-7H,8-10H2,1-5H3,(H2,20,21,23,24). The van der Waals surface area contributed by atoms with Gasteiger partial charge in [0.05, 0.1) is 5.56 Å². The van der Waals surface area contributed by atoms with E-state index in [-0.39, 0.29) is 11.0 Å². The van der Waals surface area contributed by atoms with Gasteiger partial charge in [0.2, 0.25) is 0 Å². The Hall–Kier alpha value is -2.14. The molecule has 0 unspecified atom stereocenters. The average molecular weight is 327 g/mol. The molecule has 0 radical (unpaired) electrons. The van der Waals surface area contributed by atoms with Crippen molar-refractivity contribution in [2.24, 2.45) is 0 Å². The van der Waals surface area contributed by atoms with Crippen LogP contribution in [0.2, 0.25) is 0 Å². The molecule has 3 rings (SSSR count). The summed E-state index contributed by atoms with van der Waals surface area (Å²) in [5.74, 6) is 0. The fourth-order valence-electron chi connectivity index (χ4n) is 3.38. The van der Waals surface area contributed by atoms with Crippen molar-refractivity contribution in [1.29, 1.82) is 0 Å². The lowest BCUT2D eigenvalue weighted by Gasteiger charge is -2.24. The quantitative estimate of drug-likeness (QED) is 0.890. The van der Waals surface area contributed by atoms with Gasteiger partial charge in [0.15, 0.2) is 0 Å². The molecule has 5 nitrogen and oxygen atoms in total. The highest BCUT2D eigenvalue weighted by Gasteiger charge is 2.24. The van der Waals surface area contributed by atoms with E-state index in [2.05, 4.69) is 61.6 Å². The summed E-state index contributed by atoms with van der Waals surface area (Å²) in [6.45, 7) is 12.9. The van der Waals surface area contributed by atoms with Gasteiger partial charge >= 0.3 is 5.69 Å². The van der Waals surface area contributed by atoms with E-state index in [0.717, 1.165) is 12.2 Å². The summed E-state index contributed by atoms with van der Waals surface area (Å²) in [4.78, 5) is 30.6. The fraction of sp³-hybridized carbons (Fsp3) is 0.474. The van der Waals surface area contributed by atoms with E-state index in [0.29, 0.717) is 18.7 Å². The molecule has 1 aromatic heterocycles. The van der Waals surface area contributed by atoms with Crippen LogP contribution in [0.4, 0.5) is 0 Å². The number of benzene rings is 1. The first-order valence-electron chi connectivity index (χ1n) is 8.32. The predicted octanol–water partition coefficient (Wildman–Crippen LogP) is 2.49. The highest BCUT2D eigenvalue weighted by atomic mass is 16.2. The number of hydrogen-bond acceptors (Lipinski definition) is 3. The van der Waals surface area contributed by atoms with Gasteiger partial charge in [-0.15, -0.1) is 0 Å². The molecule has 0 saturated carbocycles. The maximum absolute atomic E-state index is 11.9. The van der Waals surface area contributed by atoms with Crippen molar-refractivity contribution in [3.8, 4) is 0 Å². The topological polar surface area (TPSA) is 69.0 Å². The molecule has 24 heavy (non-hydrogen) atoms. The predicted molar refractivity (Wildman–Crippen MR) is 95.3 cm³/mol. The second kappa shape index (κ2) is 5.74. The van der Waals surface area contributed by atoms with Gasteiger partial charge in [0.25, 0.3) is 5.56 Å². The number of nitrogens with zero attached hydrogens (tertiary/aromatic N) is 1. The van der Waals surface area contributed by atoms with Crippen LogP contribution < -0.4 is 11.2 Å². The molecule has 0 spiro atoms. The fourth-order valence-corrected chi connectivity index (χ4v) is 3.38. The number of H-pyrrole nitrogens is 2. The molecule has 0 fully saturated rings. The van der Waals surface area contributed by atoms with Crippen LogP contribution in [-0.4, -0.2) is 14.9 Å². The molecule has 0 bridgehead atoms. The van der Waals surface area contributed by atoms with Crippen molar-refractivity contribution >= 4 is 0 Å². The highest BCUT2D eigenvalue weighted by molar-refractivity contribution is 5.40. The van der Waals surface area contributed by atoms with Crippen LogP contribution in [0.25, 0.3) is 0 Å². The third-order valence-electron chi connectivity index (χ3n) is 4.84. The first-order chi connectivity index (χ1) is 11.1. The summed E-state index contributed by atoms with van der Waals surface area (Å²) in [6, 6.07) is 4.53. The van der Waals surface area contributed by atoms with Gasteiger partial charge in [-0.2, -0.15) is 0 Å². The minimum Gasteiger partial charge on any atom is -0.310 e. The van der Waals surface area contributed by atoms with Crippen LogP contribution in [0.15, 0.2) is 21.7 Å². The number of hydrogen-bond donors (Lipinski definition) is 2. The van der Waals surface area contributed by atoms with Gasteiger partial charge in [0, 0.05) is 25.3 Å². The number of aromatic amines is 2. The van der Waals surface area contributed by atoms with Crippen LogP contribution >= 0.6 is 0 Å². The zero-order chi connectivity index (χ0) is 17.6. The molecule has 0 aliphatic carbocycles. The maximum Gasteiger partial charge on any atom is 0.325 e. The van der Waals surface area contributed by atoms with Crippen molar-refractivity contribution < 1.29 is 0 Å². The van der Waals surface area contributed by atoms with Crippen molar-refractivity contribution in [3.05, 3.63) is 66.5 Å². The Morgan fingerprint density at radius 3 is 2.25 bits per heavy atom. The van der Waals surface area contributed by atoms with Crippen LogP contribution in [0.5, 0.6) is 0 Å². The zero-order valence-electron chi connectivity index (χ0n) is 15.0. The van der Waals surface area contributed by atoms with E-state index in [1.807, 2.05) is 0 Å². The molecule has 1 aliphatic rings. The molecule has 1 aliphatic heterocycles. The molecule has 2 heterocycles. The minimum absolute atomic E-state index is 0.130. The van der Waals surface area contributed by atoms with Gasteiger partial charge < -0.3 is 4.98 Å². The maximum atomic E-state index is 11.9. The summed E-state index contributed by atoms with van der Waals surface area (Å²) >= 11 is 0. The van der Waals surface area contributed by atoms with Crippen molar-refractivity contribution in [2.75, 3.05) is 0 Å². The Labute approximate surface area is 141 Å². The first kappa shape index (κ1) is 16.7. The van der Waals surface area contributed by atoms with Crippen LogP contribution in [0.1, 0.15) is 54.3 Å². The third-order valence-corrected chi connectivity index (χ3v) is 4.84. The monoisotopic (exact) mass is 327 g/mol. The second-order valence-electron chi connectivity index (χ2n) is 7.85. The Kier molecular flexibility index (Phi) is 4.00. The summed E-state index contributed by atoms with van der Waals surface area (Å²) in [5, 5.41) is 0. The van der Waals surface area contributed by atoms with E-state index >= 15 is 0 Å². The number of fused-ring (bicyclic) bond motifs is 1. The second-order valence-corrected chi connectivity index (χ2v) is 7.85. The van der Waals surface area contributed by atoms with E-state index < -0.39 is 5.69 Å². The van der Waals surface area contributed by atoms with Crippen LogP contribution in [-0.2, 0) is 25.0 Å².